The van der Waals surface area contributed by atoms with E-state index in [-0.39, 0.29) is 23.0 Å². The summed E-state index contributed by atoms with van der Waals surface area (Å²) >= 11 is 3.31. The minimum atomic E-state index is -3.91. The van der Waals surface area contributed by atoms with Crippen molar-refractivity contribution in [2.75, 3.05) is 32.0 Å². The Labute approximate surface area is 172 Å². The third-order valence-electron chi connectivity index (χ3n) is 4.46. The second kappa shape index (κ2) is 8.46. The Morgan fingerprint density at radius 3 is 2.64 bits per heavy atom. The summed E-state index contributed by atoms with van der Waals surface area (Å²) in [6.45, 7) is 1.00. The van der Waals surface area contributed by atoms with Crippen LogP contribution in [0.2, 0.25) is 0 Å². The van der Waals surface area contributed by atoms with Crippen LogP contribution in [0, 0.1) is 0 Å². The molecule has 2 N–H and O–H groups in total. The number of likely N-dealkylation sites (N-methyl/N-ethyl adjacent to an activating group) is 1. The Bertz CT molecular complexity index is 983. The lowest BCUT2D eigenvalue weighted by Gasteiger charge is -2.16. The monoisotopic (exact) mass is 468 g/mol. The number of likely N-dealkylation sites (tertiary alicyclic amines) is 1. The molecule has 10 heteroatoms. The van der Waals surface area contributed by atoms with Gasteiger partial charge in [0, 0.05) is 36.5 Å². The number of rotatable bonds is 6. The number of benzene rings is 1. The molecule has 0 spiro atoms. The third kappa shape index (κ3) is 4.62. The molecule has 1 aliphatic heterocycles. The predicted molar refractivity (Wildman–Crippen MR) is 109 cm³/mol. The molecule has 28 heavy (non-hydrogen) atoms. The number of nitrogens with zero attached hydrogens (tertiary/aromatic N) is 2. The SMILES string of the molecule is CN(CC(=O)Nc1cccc(Br)c1)S(=O)(=O)c1c[nH]c(C(=O)N2CCCC2)c1. The van der Waals surface area contributed by atoms with Crippen LogP contribution in [0.3, 0.4) is 0 Å². The number of hydrogen-bond acceptors (Lipinski definition) is 4. The zero-order valence-electron chi connectivity index (χ0n) is 15.3. The highest BCUT2D eigenvalue weighted by molar-refractivity contribution is 9.10. The lowest BCUT2D eigenvalue weighted by atomic mass is 10.3. The third-order valence-corrected chi connectivity index (χ3v) is 6.74. The fourth-order valence-electron chi connectivity index (χ4n) is 2.97. The second-order valence-corrected chi connectivity index (χ2v) is 9.53. The highest BCUT2D eigenvalue weighted by Crippen LogP contribution is 2.19. The van der Waals surface area contributed by atoms with E-state index in [9.17, 15) is 18.0 Å². The normalized spacial score (nSPS) is 14.5. The van der Waals surface area contributed by atoms with E-state index < -0.39 is 15.9 Å². The van der Waals surface area contributed by atoms with Gasteiger partial charge in [-0.3, -0.25) is 9.59 Å². The van der Waals surface area contributed by atoms with E-state index in [0.717, 1.165) is 21.6 Å². The summed E-state index contributed by atoms with van der Waals surface area (Å²) in [6, 6.07) is 8.32. The van der Waals surface area contributed by atoms with Crippen molar-refractivity contribution in [2.45, 2.75) is 17.7 Å². The average Bonchev–Trinajstić information content (AvgIpc) is 3.33. The molecule has 0 saturated carbocycles. The topological polar surface area (TPSA) is 103 Å². The number of sulfonamides is 1. The van der Waals surface area contributed by atoms with E-state index in [1.807, 2.05) is 6.07 Å². The van der Waals surface area contributed by atoms with Crippen molar-refractivity contribution in [1.29, 1.82) is 0 Å². The van der Waals surface area contributed by atoms with Crippen LogP contribution in [0.1, 0.15) is 23.3 Å². The van der Waals surface area contributed by atoms with Gasteiger partial charge in [0.1, 0.15) is 10.6 Å². The maximum atomic E-state index is 12.7. The molecule has 1 aromatic carbocycles. The summed E-state index contributed by atoms with van der Waals surface area (Å²) in [5, 5.41) is 2.65. The molecule has 1 aliphatic rings. The molecule has 0 radical (unpaired) electrons. The van der Waals surface area contributed by atoms with Crippen LogP contribution < -0.4 is 5.32 Å². The van der Waals surface area contributed by atoms with Crippen LogP contribution in [-0.2, 0) is 14.8 Å². The van der Waals surface area contributed by atoms with Crippen molar-refractivity contribution in [1.82, 2.24) is 14.2 Å². The smallest absolute Gasteiger partial charge is 0.270 e. The maximum absolute atomic E-state index is 12.7. The van der Waals surface area contributed by atoms with E-state index in [4.69, 9.17) is 0 Å². The van der Waals surface area contributed by atoms with Gasteiger partial charge in [-0.05, 0) is 37.1 Å². The van der Waals surface area contributed by atoms with Crippen molar-refractivity contribution in [2.24, 2.45) is 0 Å². The highest BCUT2D eigenvalue weighted by atomic mass is 79.9. The van der Waals surface area contributed by atoms with E-state index >= 15 is 0 Å². The molecule has 0 bridgehead atoms. The van der Waals surface area contributed by atoms with Crippen LogP contribution in [0.5, 0.6) is 0 Å². The van der Waals surface area contributed by atoms with E-state index in [1.165, 1.54) is 19.3 Å². The first-order valence-electron chi connectivity index (χ1n) is 8.77. The van der Waals surface area contributed by atoms with Gasteiger partial charge in [0.15, 0.2) is 0 Å². The number of aromatic amines is 1. The molecule has 1 aromatic heterocycles. The van der Waals surface area contributed by atoms with Gasteiger partial charge in [0.25, 0.3) is 5.91 Å². The number of amides is 2. The number of anilines is 1. The lowest BCUT2D eigenvalue weighted by Crippen LogP contribution is -2.34. The molecule has 2 aromatic rings. The Balaban J connectivity index is 1.66. The molecular weight excluding hydrogens is 448 g/mol. The fraction of sp³-hybridized carbons (Fsp3) is 0.333. The summed E-state index contributed by atoms with van der Waals surface area (Å²) in [7, 11) is -2.59. The molecular formula is C18H21BrN4O4S. The molecule has 2 amide bonds. The number of hydrogen-bond donors (Lipinski definition) is 2. The molecule has 3 rings (SSSR count). The molecule has 0 unspecified atom stereocenters. The van der Waals surface area contributed by atoms with Crippen molar-refractivity contribution in [3.8, 4) is 0 Å². The van der Waals surface area contributed by atoms with Gasteiger partial charge < -0.3 is 15.2 Å². The summed E-state index contributed by atoms with van der Waals surface area (Å²) in [6.07, 6.45) is 3.18. The van der Waals surface area contributed by atoms with Crippen LogP contribution in [-0.4, -0.2) is 61.1 Å². The first-order chi connectivity index (χ1) is 13.3. The van der Waals surface area contributed by atoms with Crippen molar-refractivity contribution in [3.63, 3.8) is 0 Å². The molecule has 1 fully saturated rings. The first kappa shape index (κ1) is 20.6. The predicted octanol–water partition coefficient (Wildman–Crippen LogP) is 2.27. The number of H-pyrrole nitrogens is 1. The van der Waals surface area contributed by atoms with Crippen LogP contribution in [0.15, 0.2) is 45.9 Å². The van der Waals surface area contributed by atoms with Gasteiger partial charge in [0.2, 0.25) is 15.9 Å². The van der Waals surface area contributed by atoms with Gasteiger partial charge in [-0.25, -0.2) is 8.42 Å². The summed E-state index contributed by atoms with van der Waals surface area (Å²) in [5.74, 6) is -0.679. The number of carbonyl (C=O) groups excluding carboxylic acids is 2. The molecule has 0 atom stereocenters. The summed E-state index contributed by atoms with van der Waals surface area (Å²) in [4.78, 5) is 29.0. The van der Waals surface area contributed by atoms with Gasteiger partial charge in [-0.2, -0.15) is 4.31 Å². The Kier molecular flexibility index (Phi) is 6.21. The molecule has 150 valence electrons. The Hall–Kier alpha value is -2.17. The number of halogens is 1. The van der Waals surface area contributed by atoms with Crippen LogP contribution >= 0.6 is 15.9 Å². The van der Waals surface area contributed by atoms with Gasteiger partial charge in [0.05, 0.1) is 6.54 Å². The first-order valence-corrected chi connectivity index (χ1v) is 11.0. The quantitative estimate of drug-likeness (QED) is 0.678. The van der Waals surface area contributed by atoms with E-state index in [2.05, 4.69) is 26.2 Å². The zero-order chi connectivity index (χ0) is 20.3. The summed E-state index contributed by atoms with van der Waals surface area (Å²) in [5.41, 5.74) is 0.790. The van der Waals surface area contributed by atoms with Gasteiger partial charge in [-0.1, -0.05) is 22.0 Å². The summed E-state index contributed by atoms with van der Waals surface area (Å²) < 4.78 is 27.2. The standard InChI is InChI=1S/C18H21BrN4O4S/c1-22(12-17(24)21-14-6-4-5-13(19)9-14)28(26,27)15-10-16(20-11-15)18(25)23-7-2-3-8-23/h4-6,9-11,20H,2-3,7-8,12H2,1H3,(H,21,24). The number of nitrogens with one attached hydrogen (secondary N) is 2. The molecule has 2 heterocycles. The van der Waals surface area contributed by atoms with E-state index in [0.29, 0.717) is 18.8 Å². The largest absolute Gasteiger partial charge is 0.356 e. The average molecular weight is 469 g/mol. The highest BCUT2D eigenvalue weighted by Gasteiger charge is 2.27. The zero-order valence-corrected chi connectivity index (χ0v) is 17.7. The number of carbonyl (C=O) groups is 2. The van der Waals surface area contributed by atoms with Crippen LogP contribution in [0.4, 0.5) is 5.69 Å². The van der Waals surface area contributed by atoms with Gasteiger partial charge in [-0.15, -0.1) is 0 Å². The second-order valence-electron chi connectivity index (χ2n) is 6.57. The maximum Gasteiger partial charge on any atom is 0.270 e. The minimum absolute atomic E-state index is 0.0483. The molecule has 1 saturated heterocycles. The lowest BCUT2D eigenvalue weighted by molar-refractivity contribution is -0.116. The Morgan fingerprint density at radius 1 is 1.25 bits per heavy atom. The molecule has 8 nitrogen and oxygen atoms in total. The Morgan fingerprint density at radius 2 is 1.96 bits per heavy atom. The molecule has 0 aliphatic carbocycles. The minimum Gasteiger partial charge on any atom is -0.356 e. The van der Waals surface area contributed by atoms with Crippen molar-refractivity contribution >= 4 is 43.5 Å². The van der Waals surface area contributed by atoms with E-state index in [1.54, 1.807) is 23.1 Å². The van der Waals surface area contributed by atoms with Crippen molar-refractivity contribution < 1.29 is 18.0 Å². The van der Waals surface area contributed by atoms with Crippen LogP contribution in [0.25, 0.3) is 0 Å². The number of aromatic nitrogens is 1. The fourth-order valence-corrected chi connectivity index (χ4v) is 4.49. The van der Waals surface area contributed by atoms with Gasteiger partial charge >= 0.3 is 0 Å². The van der Waals surface area contributed by atoms with Crippen molar-refractivity contribution in [3.05, 3.63) is 46.7 Å².